The second-order valence-corrected chi connectivity index (χ2v) is 4.32. The molecule has 0 aromatic carbocycles. The van der Waals surface area contributed by atoms with Crippen molar-refractivity contribution in [2.75, 3.05) is 19.8 Å². The number of ether oxygens (including phenoxy) is 3. The summed E-state index contributed by atoms with van der Waals surface area (Å²) in [6.45, 7) is 7.42. The summed E-state index contributed by atoms with van der Waals surface area (Å²) in [7, 11) is 0. The molecule has 0 aliphatic heterocycles. The molecule has 0 radical (unpaired) electrons. The van der Waals surface area contributed by atoms with Gasteiger partial charge in [-0.3, -0.25) is 4.79 Å². The number of esters is 2. The van der Waals surface area contributed by atoms with Crippen molar-refractivity contribution >= 4 is 11.9 Å². The first kappa shape index (κ1) is 18.6. The van der Waals surface area contributed by atoms with Gasteiger partial charge in [0.05, 0.1) is 19.1 Å². The third kappa shape index (κ3) is 9.52. The molecule has 0 aliphatic rings. The highest BCUT2D eigenvalue weighted by Gasteiger charge is 2.12. The van der Waals surface area contributed by atoms with Crippen molar-refractivity contribution in [2.45, 2.75) is 39.4 Å². The van der Waals surface area contributed by atoms with E-state index >= 15 is 0 Å². The van der Waals surface area contributed by atoms with Gasteiger partial charge in [0.15, 0.2) is 6.29 Å². The Bertz CT molecular complexity index is 302. The molecule has 1 N–H and O–H groups in total. The zero-order valence-electron chi connectivity index (χ0n) is 12.2. The van der Waals surface area contributed by atoms with Gasteiger partial charge in [-0.05, 0) is 12.8 Å². The van der Waals surface area contributed by atoms with Gasteiger partial charge in [-0.25, -0.2) is 4.79 Å². The molecule has 2 unspecified atom stereocenters. The Labute approximate surface area is 119 Å². The van der Waals surface area contributed by atoms with Crippen molar-refractivity contribution in [1.29, 1.82) is 0 Å². The van der Waals surface area contributed by atoms with Crippen LogP contribution in [0.3, 0.4) is 0 Å². The lowest BCUT2D eigenvalue weighted by molar-refractivity contribution is -0.155. The van der Waals surface area contributed by atoms with Crippen LogP contribution in [0.25, 0.3) is 0 Å². The van der Waals surface area contributed by atoms with Crippen molar-refractivity contribution in [3.63, 3.8) is 0 Å². The van der Waals surface area contributed by atoms with Gasteiger partial charge in [-0.2, -0.15) is 0 Å². The van der Waals surface area contributed by atoms with Crippen molar-refractivity contribution in [2.24, 2.45) is 5.92 Å². The van der Waals surface area contributed by atoms with Crippen LogP contribution in [0.5, 0.6) is 0 Å². The van der Waals surface area contributed by atoms with Crippen LogP contribution in [0, 0.1) is 5.92 Å². The molecule has 0 aromatic rings. The van der Waals surface area contributed by atoms with Crippen molar-refractivity contribution < 1.29 is 28.9 Å². The maximum atomic E-state index is 11.3. The lowest BCUT2D eigenvalue weighted by Crippen LogP contribution is -2.20. The first-order chi connectivity index (χ1) is 9.51. The summed E-state index contributed by atoms with van der Waals surface area (Å²) in [4.78, 5) is 22.1. The Hall–Kier alpha value is -1.40. The third-order valence-electron chi connectivity index (χ3n) is 2.66. The smallest absolute Gasteiger partial charge is 0.330 e. The van der Waals surface area contributed by atoms with Crippen LogP contribution >= 0.6 is 0 Å². The van der Waals surface area contributed by atoms with Crippen LogP contribution in [-0.2, 0) is 23.8 Å². The fraction of sp³-hybridized carbons (Fsp3) is 0.714. The fourth-order valence-electron chi connectivity index (χ4n) is 1.21. The Balaban J connectivity index is 3.49. The van der Waals surface area contributed by atoms with E-state index in [0.29, 0.717) is 12.8 Å². The van der Waals surface area contributed by atoms with E-state index in [9.17, 15) is 14.7 Å². The molecule has 0 rings (SSSR count). The molecule has 0 aromatic heterocycles. The van der Waals surface area contributed by atoms with E-state index in [2.05, 4.69) is 6.58 Å². The number of hydrogen-bond donors (Lipinski definition) is 1. The summed E-state index contributed by atoms with van der Waals surface area (Å²) in [5.74, 6) is -0.876. The van der Waals surface area contributed by atoms with Crippen LogP contribution in [0.15, 0.2) is 12.7 Å². The number of carbonyl (C=O) groups excluding carboxylic acids is 2. The Morgan fingerprint density at radius 3 is 2.55 bits per heavy atom. The largest absolute Gasteiger partial charge is 0.463 e. The highest BCUT2D eigenvalue weighted by atomic mass is 16.6. The summed E-state index contributed by atoms with van der Waals surface area (Å²) in [5.41, 5.74) is 0. The molecule has 6 nitrogen and oxygen atoms in total. The summed E-state index contributed by atoms with van der Waals surface area (Å²) in [5, 5.41) is 9.47. The zero-order chi connectivity index (χ0) is 15.4. The average Bonchev–Trinajstić information content (AvgIpc) is 2.46. The predicted octanol–water partition coefficient (Wildman–Crippen LogP) is 1.42. The highest BCUT2D eigenvalue weighted by Crippen LogP contribution is 2.04. The van der Waals surface area contributed by atoms with Crippen LogP contribution in [0.1, 0.15) is 33.1 Å². The first-order valence-electron chi connectivity index (χ1n) is 6.76. The van der Waals surface area contributed by atoms with Crippen molar-refractivity contribution in [3.8, 4) is 0 Å². The Kier molecular flexibility index (Phi) is 10.6. The molecule has 0 fully saturated rings. The van der Waals surface area contributed by atoms with E-state index in [-0.39, 0.29) is 31.7 Å². The lowest BCUT2D eigenvalue weighted by Gasteiger charge is -2.13. The molecule has 0 heterocycles. The summed E-state index contributed by atoms with van der Waals surface area (Å²) >= 11 is 0. The van der Waals surface area contributed by atoms with E-state index in [1.54, 1.807) is 6.92 Å². The molecule has 0 saturated carbocycles. The van der Waals surface area contributed by atoms with Crippen molar-refractivity contribution in [1.82, 2.24) is 0 Å². The van der Waals surface area contributed by atoms with Gasteiger partial charge in [0.25, 0.3) is 0 Å². The zero-order valence-corrected chi connectivity index (χ0v) is 12.2. The number of aliphatic hydroxyl groups is 1. The molecular formula is C14H24O6. The highest BCUT2D eigenvalue weighted by molar-refractivity contribution is 5.81. The van der Waals surface area contributed by atoms with E-state index in [1.165, 1.54) is 0 Å². The van der Waals surface area contributed by atoms with E-state index < -0.39 is 12.3 Å². The molecule has 0 aliphatic carbocycles. The van der Waals surface area contributed by atoms with Gasteiger partial charge in [-0.1, -0.05) is 20.4 Å². The number of rotatable bonds is 11. The quantitative estimate of drug-likeness (QED) is 0.268. The minimum atomic E-state index is -0.959. The standard InChI is InChI=1S/C14H24O6/c1-4-11(3)14(17)20-10-9-19-13(16)7-6-8-18-12(15)5-2/h5,11,13,16H,2,4,6-10H2,1,3H3. The molecule has 0 saturated heterocycles. The van der Waals surface area contributed by atoms with Crippen LogP contribution in [0.4, 0.5) is 0 Å². The lowest BCUT2D eigenvalue weighted by atomic mass is 10.1. The normalized spacial score (nSPS) is 13.3. The predicted molar refractivity (Wildman–Crippen MR) is 72.8 cm³/mol. The van der Waals surface area contributed by atoms with Crippen molar-refractivity contribution in [3.05, 3.63) is 12.7 Å². The van der Waals surface area contributed by atoms with Crippen LogP contribution < -0.4 is 0 Å². The molecule has 2 atom stereocenters. The molecule has 0 amide bonds. The summed E-state index contributed by atoms with van der Waals surface area (Å²) in [6, 6.07) is 0. The SMILES string of the molecule is C=CC(=O)OCCCC(O)OCCOC(=O)C(C)CC. The molecule has 0 bridgehead atoms. The third-order valence-corrected chi connectivity index (χ3v) is 2.66. The maximum Gasteiger partial charge on any atom is 0.330 e. The Morgan fingerprint density at radius 1 is 1.25 bits per heavy atom. The summed E-state index contributed by atoms with van der Waals surface area (Å²) in [6.07, 6.45) is 1.67. The monoisotopic (exact) mass is 288 g/mol. The minimum absolute atomic E-state index is 0.117. The number of aliphatic hydroxyl groups excluding tert-OH is 1. The second kappa shape index (κ2) is 11.4. The average molecular weight is 288 g/mol. The molecule has 116 valence electrons. The van der Waals surface area contributed by atoms with E-state index in [0.717, 1.165) is 12.5 Å². The van der Waals surface area contributed by atoms with E-state index in [1.807, 2.05) is 6.92 Å². The van der Waals surface area contributed by atoms with Crippen LogP contribution in [-0.4, -0.2) is 43.2 Å². The fourth-order valence-corrected chi connectivity index (χ4v) is 1.21. The van der Waals surface area contributed by atoms with Crippen LogP contribution in [0.2, 0.25) is 0 Å². The molecule has 6 heteroatoms. The van der Waals surface area contributed by atoms with Gasteiger partial charge < -0.3 is 19.3 Å². The number of hydrogen-bond acceptors (Lipinski definition) is 6. The first-order valence-corrected chi connectivity index (χ1v) is 6.76. The van der Waals surface area contributed by atoms with Gasteiger partial charge in [0.2, 0.25) is 0 Å². The Morgan fingerprint density at radius 2 is 1.95 bits per heavy atom. The van der Waals surface area contributed by atoms with Gasteiger partial charge in [-0.15, -0.1) is 0 Å². The van der Waals surface area contributed by atoms with Gasteiger partial charge >= 0.3 is 11.9 Å². The molecule has 20 heavy (non-hydrogen) atoms. The molecular weight excluding hydrogens is 264 g/mol. The minimum Gasteiger partial charge on any atom is -0.463 e. The maximum absolute atomic E-state index is 11.3. The topological polar surface area (TPSA) is 82.1 Å². The van der Waals surface area contributed by atoms with Gasteiger partial charge in [0, 0.05) is 12.5 Å². The number of carbonyl (C=O) groups is 2. The second-order valence-electron chi connectivity index (χ2n) is 4.32. The molecule has 0 spiro atoms. The van der Waals surface area contributed by atoms with E-state index in [4.69, 9.17) is 14.2 Å². The summed E-state index contributed by atoms with van der Waals surface area (Å²) < 4.78 is 14.8. The van der Waals surface area contributed by atoms with Gasteiger partial charge in [0.1, 0.15) is 6.61 Å².